The molecule has 1 heterocycles. The second kappa shape index (κ2) is 6.41. The minimum atomic E-state index is 0.524. The molecule has 0 bridgehead atoms. The number of thioether (sulfide) groups is 1. The minimum Gasteiger partial charge on any atom is -0.362 e. The first-order chi connectivity index (χ1) is 7.13. The molecule has 2 atom stereocenters. The Morgan fingerprint density at radius 2 is 2.20 bits per heavy atom. The van der Waals surface area contributed by atoms with Crippen molar-refractivity contribution in [1.82, 2.24) is 5.32 Å². The summed E-state index contributed by atoms with van der Waals surface area (Å²) in [4.78, 5) is 4.70. The maximum Gasteiger partial charge on any atom is 0.157 e. The van der Waals surface area contributed by atoms with Crippen LogP contribution in [0.1, 0.15) is 47.0 Å². The van der Waals surface area contributed by atoms with Gasteiger partial charge in [-0.2, -0.15) is 0 Å². The summed E-state index contributed by atoms with van der Waals surface area (Å²) >= 11 is 1.88. The quantitative estimate of drug-likeness (QED) is 0.781. The zero-order valence-electron chi connectivity index (χ0n) is 10.4. The molecular weight excluding hydrogens is 204 g/mol. The van der Waals surface area contributed by atoms with Crippen LogP contribution in [0.5, 0.6) is 0 Å². The highest BCUT2D eigenvalue weighted by molar-refractivity contribution is 8.14. The van der Waals surface area contributed by atoms with Gasteiger partial charge in [0.25, 0.3) is 0 Å². The summed E-state index contributed by atoms with van der Waals surface area (Å²) in [7, 11) is 0. The van der Waals surface area contributed by atoms with E-state index in [2.05, 4.69) is 33.0 Å². The molecule has 0 radical (unpaired) electrons. The number of unbranched alkanes of at least 4 members (excludes halogenated alkanes) is 1. The Morgan fingerprint density at radius 1 is 1.47 bits per heavy atom. The van der Waals surface area contributed by atoms with Gasteiger partial charge in [-0.05, 0) is 19.3 Å². The van der Waals surface area contributed by atoms with Gasteiger partial charge in [0, 0.05) is 11.8 Å². The maximum atomic E-state index is 4.70. The lowest BCUT2D eigenvalue weighted by molar-refractivity contribution is 0.537. The highest BCUT2D eigenvalue weighted by Gasteiger charge is 2.21. The van der Waals surface area contributed by atoms with Crippen LogP contribution in [0.4, 0.5) is 0 Å². The van der Waals surface area contributed by atoms with Crippen LogP contribution >= 0.6 is 11.8 Å². The summed E-state index contributed by atoms with van der Waals surface area (Å²) < 4.78 is 0. The Balaban J connectivity index is 2.30. The second-order valence-corrected chi connectivity index (χ2v) is 5.75. The Morgan fingerprint density at radius 3 is 2.73 bits per heavy atom. The second-order valence-electron chi connectivity index (χ2n) is 4.74. The molecule has 0 aromatic carbocycles. The fourth-order valence-electron chi connectivity index (χ4n) is 1.60. The molecule has 3 heteroatoms. The van der Waals surface area contributed by atoms with Gasteiger partial charge in [-0.1, -0.05) is 45.4 Å². The number of nitrogens with one attached hydrogen (secondary N) is 1. The zero-order valence-corrected chi connectivity index (χ0v) is 11.2. The van der Waals surface area contributed by atoms with Crippen molar-refractivity contribution in [2.24, 2.45) is 10.9 Å². The summed E-state index contributed by atoms with van der Waals surface area (Å²) in [5.41, 5.74) is 0. The van der Waals surface area contributed by atoms with Crippen molar-refractivity contribution in [2.45, 2.75) is 59.0 Å². The molecule has 15 heavy (non-hydrogen) atoms. The Labute approximate surface area is 98.3 Å². The Bertz CT molecular complexity index is 214. The van der Waals surface area contributed by atoms with Crippen LogP contribution in [-0.4, -0.2) is 23.0 Å². The topological polar surface area (TPSA) is 24.4 Å². The van der Waals surface area contributed by atoms with Crippen molar-refractivity contribution in [2.75, 3.05) is 5.75 Å². The molecule has 0 aromatic heterocycles. The van der Waals surface area contributed by atoms with Gasteiger partial charge in [0.1, 0.15) is 0 Å². The molecular formula is C12H24N2S. The molecule has 0 fully saturated rings. The lowest BCUT2D eigenvalue weighted by atomic mass is 10.1. The normalized spacial score (nSPS) is 23.0. The first-order valence-electron chi connectivity index (χ1n) is 6.10. The summed E-state index contributed by atoms with van der Waals surface area (Å²) in [5.74, 6) is 1.82. The van der Waals surface area contributed by atoms with E-state index in [0.29, 0.717) is 18.0 Å². The summed E-state index contributed by atoms with van der Waals surface area (Å²) in [6.07, 6.45) is 3.84. The average molecular weight is 228 g/mol. The number of hydrogen-bond donors (Lipinski definition) is 1. The molecule has 0 spiro atoms. The Kier molecular flexibility index (Phi) is 5.51. The summed E-state index contributed by atoms with van der Waals surface area (Å²) in [6, 6.07) is 1.10. The smallest absolute Gasteiger partial charge is 0.157 e. The van der Waals surface area contributed by atoms with Gasteiger partial charge in [-0.3, -0.25) is 4.99 Å². The van der Waals surface area contributed by atoms with E-state index < -0.39 is 0 Å². The van der Waals surface area contributed by atoms with Crippen molar-refractivity contribution >= 4 is 16.9 Å². The molecule has 1 rings (SSSR count). The number of aliphatic imine (C=N–C) groups is 1. The number of amidine groups is 1. The predicted molar refractivity (Wildman–Crippen MR) is 70.6 cm³/mol. The number of hydrogen-bond acceptors (Lipinski definition) is 3. The molecule has 1 aliphatic heterocycles. The third-order valence-corrected chi connectivity index (χ3v) is 3.81. The first-order valence-corrected chi connectivity index (χ1v) is 7.09. The van der Waals surface area contributed by atoms with E-state index in [1.807, 2.05) is 11.8 Å². The summed E-state index contributed by atoms with van der Waals surface area (Å²) in [6.45, 7) is 8.99. The van der Waals surface area contributed by atoms with E-state index in [1.54, 1.807) is 0 Å². The van der Waals surface area contributed by atoms with Gasteiger partial charge in [-0.25, -0.2) is 0 Å². The molecule has 0 amide bonds. The van der Waals surface area contributed by atoms with Crippen molar-refractivity contribution in [1.29, 1.82) is 0 Å². The molecule has 1 unspecified atom stereocenters. The molecule has 0 saturated carbocycles. The van der Waals surface area contributed by atoms with Gasteiger partial charge >= 0.3 is 0 Å². The van der Waals surface area contributed by atoms with Gasteiger partial charge < -0.3 is 5.32 Å². The summed E-state index contributed by atoms with van der Waals surface area (Å²) in [5, 5.41) is 4.68. The molecule has 1 N–H and O–H groups in total. The van der Waals surface area contributed by atoms with Crippen molar-refractivity contribution < 1.29 is 0 Å². The highest BCUT2D eigenvalue weighted by Crippen LogP contribution is 2.22. The van der Waals surface area contributed by atoms with Gasteiger partial charge in [-0.15, -0.1) is 0 Å². The van der Waals surface area contributed by atoms with Crippen molar-refractivity contribution in [3.8, 4) is 0 Å². The number of nitrogens with zero attached hydrogens (tertiary/aromatic N) is 1. The predicted octanol–water partition coefficient (Wildman–Crippen LogP) is 3.28. The third-order valence-electron chi connectivity index (χ3n) is 2.80. The SMILES string of the molecule is CCCCC(C)NC1=N[C@@H](C(C)C)CS1. The lowest BCUT2D eigenvalue weighted by Gasteiger charge is -2.13. The van der Waals surface area contributed by atoms with Crippen LogP contribution in [-0.2, 0) is 0 Å². The fourth-order valence-corrected chi connectivity index (χ4v) is 2.89. The standard InChI is InChI=1S/C12H24N2S/c1-5-6-7-10(4)13-12-14-11(8-15-12)9(2)3/h9-11H,5-8H2,1-4H3,(H,13,14)/t10?,11-/m1/s1. The molecule has 88 valence electrons. The first kappa shape index (κ1) is 12.9. The van der Waals surface area contributed by atoms with Crippen LogP contribution < -0.4 is 5.32 Å². The van der Waals surface area contributed by atoms with Crippen LogP contribution in [0.25, 0.3) is 0 Å². The number of rotatable bonds is 5. The maximum absolute atomic E-state index is 4.70. The van der Waals surface area contributed by atoms with Crippen LogP contribution in [0.15, 0.2) is 4.99 Å². The highest BCUT2D eigenvalue weighted by atomic mass is 32.2. The molecule has 0 aromatic rings. The largest absolute Gasteiger partial charge is 0.362 e. The van der Waals surface area contributed by atoms with Crippen LogP contribution in [0, 0.1) is 5.92 Å². The molecule has 0 saturated heterocycles. The monoisotopic (exact) mass is 228 g/mol. The fraction of sp³-hybridized carbons (Fsp3) is 0.917. The van der Waals surface area contributed by atoms with E-state index in [-0.39, 0.29) is 0 Å². The molecule has 0 aliphatic carbocycles. The van der Waals surface area contributed by atoms with Gasteiger partial charge in [0.15, 0.2) is 5.17 Å². The van der Waals surface area contributed by atoms with Gasteiger partial charge in [0.05, 0.1) is 6.04 Å². The zero-order chi connectivity index (χ0) is 11.3. The average Bonchev–Trinajstić information content (AvgIpc) is 2.63. The third kappa shape index (κ3) is 4.45. The van der Waals surface area contributed by atoms with Crippen molar-refractivity contribution in [3.05, 3.63) is 0 Å². The van der Waals surface area contributed by atoms with E-state index in [0.717, 1.165) is 10.9 Å². The van der Waals surface area contributed by atoms with Crippen LogP contribution in [0.2, 0.25) is 0 Å². The van der Waals surface area contributed by atoms with E-state index >= 15 is 0 Å². The van der Waals surface area contributed by atoms with E-state index in [1.165, 1.54) is 19.3 Å². The van der Waals surface area contributed by atoms with Crippen molar-refractivity contribution in [3.63, 3.8) is 0 Å². The molecule has 1 aliphatic rings. The molecule has 2 nitrogen and oxygen atoms in total. The Hall–Kier alpha value is -0.180. The lowest BCUT2D eigenvalue weighted by Crippen LogP contribution is -2.29. The van der Waals surface area contributed by atoms with E-state index in [9.17, 15) is 0 Å². The van der Waals surface area contributed by atoms with Gasteiger partial charge in [0.2, 0.25) is 0 Å². The van der Waals surface area contributed by atoms with Crippen LogP contribution in [0.3, 0.4) is 0 Å². The van der Waals surface area contributed by atoms with E-state index in [4.69, 9.17) is 4.99 Å². The minimum absolute atomic E-state index is 0.524.